The molecule has 0 aliphatic heterocycles. The highest BCUT2D eigenvalue weighted by atomic mass is 35.5. The average Bonchev–Trinajstić information content (AvgIpc) is 2.77. The Bertz CT molecular complexity index is 774. The zero-order valence-electron chi connectivity index (χ0n) is 11.5. The summed E-state index contributed by atoms with van der Waals surface area (Å²) in [5.74, 6) is 0.920. The summed E-state index contributed by atoms with van der Waals surface area (Å²) in [5.41, 5.74) is 10.0. The Labute approximate surface area is 123 Å². The van der Waals surface area contributed by atoms with Crippen LogP contribution in [0.4, 0.5) is 5.95 Å². The van der Waals surface area contributed by atoms with E-state index in [1.165, 1.54) is 5.56 Å². The van der Waals surface area contributed by atoms with E-state index in [1.54, 1.807) is 0 Å². The summed E-state index contributed by atoms with van der Waals surface area (Å²) >= 11 is 6.18. The highest BCUT2D eigenvalue weighted by Crippen LogP contribution is 2.29. The molecule has 0 fully saturated rings. The number of nitrogens with two attached hydrogens (primary N) is 1. The van der Waals surface area contributed by atoms with Crippen molar-refractivity contribution < 1.29 is 0 Å². The SMILES string of the molecule is CC(C)c1cccc(-n2c(N)nc3c(Cl)cccc32)c1. The number of nitrogen functional groups attached to an aromatic ring is 1. The van der Waals surface area contributed by atoms with Gasteiger partial charge in [0, 0.05) is 5.69 Å². The predicted molar refractivity (Wildman–Crippen MR) is 84.6 cm³/mol. The Morgan fingerprint density at radius 2 is 1.90 bits per heavy atom. The van der Waals surface area contributed by atoms with Gasteiger partial charge in [-0.3, -0.25) is 4.57 Å². The van der Waals surface area contributed by atoms with Gasteiger partial charge in [0.05, 0.1) is 10.5 Å². The Morgan fingerprint density at radius 3 is 2.65 bits per heavy atom. The van der Waals surface area contributed by atoms with E-state index in [4.69, 9.17) is 17.3 Å². The molecular formula is C16H16ClN3. The second-order valence-corrected chi connectivity index (χ2v) is 5.57. The summed E-state index contributed by atoms with van der Waals surface area (Å²) in [6.45, 7) is 4.34. The lowest BCUT2D eigenvalue weighted by atomic mass is 10.0. The standard InChI is InChI=1S/C16H16ClN3/c1-10(2)11-5-3-6-12(9-11)20-14-8-4-7-13(17)15(14)19-16(20)18/h3-10H,1-2H3,(H2,18,19). The molecule has 3 nitrogen and oxygen atoms in total. The van der Waals surface area contributed by atoms with Crippen LogP contribution in [0.25, 0.3) is 16.7 Å². The molecule has 0 unspecified atom stereocenters. The lowest BCUT2D eigenvalue weighted by molar-refractivity contribution is 0.864. The fraction of sp³-hybridized carbons (Fsp3) is 0.188. The number of para-hydroxylation sites is 1. The molecule has 0 radical (unpaired) electrons. The van der Waals surface area contributed by atoms with Crippen LogP contribution in [-0.2, 0) is 0 Å². The van der Waals surface area contributed by atoms with Crippen LogP contribution in [0.1, 0.15) is 25.3 Å². The topological polar surface area (TPSA) is 43.8 Å². The predicted octanol–water partition coefficient (Wildman–Crippen LogP) is 4.38. The Morgan fingerprint density at radius 1 is 1.15 bits per heavy atom. The first-order chi connectivity index (χ1) is 9.58. The third-order valence-corrected chi connectivity index (χ3v) is 3.76. The van der Waals surface area contributed by atoms with E-state index in [9.17, 15) is 0 Å². The second-order valence-electron chi connectivity index (χ2n) is 5.16. The van der Waals surface area contributed by atoms with Crippen LogP contribution in [0.3, 0.4) is 0 Å². The normalized spacial score (nSPS) is 11.4. The largest absolute Gasteiger partial charge is 0.369 e. The molecule has 4 heteroatoms. The monoisotopic (exact) mass is 285 g/mol. The first kappa shape index (κ1) is 13.0. The van der Waals surface area contributed by atoms with Gasteiger partial charge in [-0.25, -0.2) is 4.98 Å². The van der Waals surface area contributed by atoms with Crippen LogP contribution in [0.2, 0.25) is 5.02 Å². The fourth-order valence-corrected chi connectivity index (χ4v) is 2.59. The van der Waals surface area contributed by atoms with Crippen molar-refractivity contribution in [3.05, 3.63) is 53.1 Å². The van der Waals surface area contributed by atoms with Gasteiger partial charge in [-0.2, -0.15) is 0 Å². The summed E-state index contributed by atoms with van der Waals surface area (Å²) in [5, 5.41) is 0.618. The van der Waals surface area contributed by atoms with E-state index in [2.05, 4.69) is 31.0 Å². The van der Waals surface area contributed by atoms with Gasteiger partial charge in [-0.1, -0.05) is 43.6 Å². The van der Waals surface area contributed by atoms with Crippen LogP contribution >= 0.6 is 11.6 Å². The molecule has 0 amide bonds. The van der Waals surface area contributed by atoms with Crippen LogP contribution in [0.15, 0.2) is 42.5 Å². The molecular weight excluding hydrogens is 270 g/mol. The Kier molecular flexibility index (Phi) is 3.14. The molecule has 0 atom stereocenters. The molecule has 1 heterocycles. The first-order valence-electron chi connectivity index (χ1n) is 6.60. The van der Waals surface area contributed by atoms with Gasteiger partial charge >= 0.3 is 0 Å². The smallest absolute Gasteiger partial charge is 0.205 e. The van der Waals surface area contributed by atoms with E-state index in [0.29, 0.717) is 16.9 Å². The minimum atomic E-state index is 0.453. The molecule has 3 aromatic rings. The van der Waals surface area contributed by atoms with Crippen molar-refractivity contribution in [3.8, 4) is 5.69 Å². The number of fused-ring (bicyclic) bond motifs is 1. The van der Waals surface area contributed by atoms with Crippen molar-refractivity contribution in [1.82, 2.24) is 9.55 Å². The van der Waals surface area contributed by atoms with Crippen LogP contribution in [0.5, 0.6) is 0 Å². The molecule has 2 aromatic carbocycles. The van der Waals surface area contributed by atoms with Crippen molar-refractivity contribution in [2.75, 3.05) is 5.73 Å². The molecule has 0 spiro atoms. The molecule has 0 saturated heterocycles. The van der Waals surface area contributed by atoms with Crippen molar-refractivity contribution in [3.63, 3.8) is 0 Å². The molecule has 3 rings (SSSR count). The van der Waals surface area contributed by atoms with Crippen molar-refractivity contribution in [2.24, 2.45) is 0 Å². The van der Waals surface area contributed by atoms with Crippen molar-refractivity contribution >= 4 is 28.6 Å². The summed E-state index contributed by atoms with van der Waals surface area (Å²) in [7, 11) is 0. The molecule has 0 aliphatic rings. The van der Waals surface area contributed by atoms with E-state index in [-0.39, 0.29) is 0 Å². The van der Waals surface area contributed by atoms with Gasteiger partial charge in [0.2, 0.25) is 5.95 Å². The average molecular weight is 286 g/mol. The fourth-order valence-electron chi connectivity index (χ4n) is 2.38. The first-order valence-corrected chi connectivity index (χ1v) is 6.98. The number of rotatable bonds is 2. The quantitative estimate of drug-likeness (QED) is 0.759. The zero-order chi connectivity index (χ0) is 14.3. The maximum Gasteiger partial charge on any atom is 0.205 e. The molecule has 102 valence electrons. The number of anilines is 1. The molecule has 20 heavy (non-hydrogen) atoms. The Hall–Kier alpha value is -2.00. The second kappa shape index (κ2) is 4.84. The number of hydrogen-bond donors (Lipinski definition) is 1. The third-order valence-electron chi connectivity index (χ3n) is 3.46. The van der Waals surface area contributed by atoms with Gasteiger partial charge in [-0.15, -0.1) is 0 Å². The number of imidazole rings is 1. The van der Waals surface area contributed by atoms with E-state index in [1.807, 2.05) is 34.9 Å². The van der Waals surface area contributed by atoms with Crippen LogP contribution in [-0.4, -0.2) is 9.55 Å². The number of aromatic nitrogens is 2. The van der Waals surface area contributed by atoms with Crippen LogP contribution in [0, 0.1) is 0 Å². The zero-order valence-corrected chi connectivity index (χ0v) is 12.2. The minimum Gasteiger partial charge on any atom is -0.369 e. The van der Waals surface area contributed by atoms with E-state index < -0.39 is 0 Å². The van der Waals surface area contributed by atoms with Gasteiger partial charge in [0.15, 0.2) is 0 Å². The lowest BCUT2D eigenvalue weighted by Gasteiger charge is -2.10. The number of nitrogens with zero attached hydrogens (tertiary/aromatic N) is 2. The Balaban J connectivity index is 2.27. The van der Waals surface area contributed by atoms with Crippen molar-refractivity contribution in [2.45, 2.75) is 19.8 Å². The number of hydrogen-bond acceptors (Lipinski definition) is 2. The van der Waals surface area contributed by atoms with Gasteiger partial charge in [0.1, 0.15) is 5.52 Å². The third kappa shape index (κ3) is 2.04. The minimum absolute atomic E-state index is 0.453. The highest BCUT2D eigenvalue weighted by molar-refractivity contribution is 6.35. The van der Waals surface area contributed by atoms with Gasteiger partial charge in [0.25, 0.3) is 0 Å². The number of halogens is 1. The molecule has 1 aromatic heterocycles. The maximum absolute atomic E-state index is 6.18. The van der Waals surface area contributed by atoms with E-state index in [0.717, 1.165) is 16.7 Å². The molecule has 0 bridgehead atoms. The van der Waals surface area contributed by atoms with Gasteiger partial charge in [-0.05, 0) is 35.7 Å². The molecule has 0 saturated carbocycles. The summed E-state index contributed by atoms with van der Waals surface area (Å²) in [6, 6.07) is 14.1. The highest BCUT2D eigenvalue weighted by Gasteiger charge is 2.12. The maximum atomic E-state index is 6.18. The number of benzene rings is 2. The summed E-state index contributed by atoms with van der Waals surface area (Å²) in [4.78, 5) is 4.37. The van der Waals surface area contributed by atoms with Crippen LogP contribution < -0.4 is 5.73 Å². The van der Waals surface area contributed by atoms with E-state index >= 15 is 0 Å². The van der Waals surface area contributed by atoms with Gasteiger partial charge < -0.3 is 5.73 Å². The lowest BCUT2D eigenvalue weighted by Crippen LogP contribution is -2.01. The summed E-state index contributed by atoms with van der Waals surface area (Å²) in [6.07, 6.45) is 0. The molecule has 2 N–H and O–H groups in total. The van der Waals surface area contributed by atoms with Crippen molar-refractivity contribution in [1.29, 1.82) is 0 Å². The molecule has 0 aliphatic carbocycles. The summed E-state index contributed by atoms with van der Waals surface area (Å²) < 4.78 is 1.94.